The summed E-state index contributed by atoms with van der Waals surface area (Å²) in [4.78, 5) is 39.9. The van der Waals surface area contributed by atoms with Crippen molar-refractivity contribution in [2.24, 2.45) is 4.99 Å². The highest BCUT2D eigenvalue weighted by molar-refractivity contribution is 6.02. The van der Waals surface area contributed by atoms with Crippen molar-refractivity contribution in [1.82, 2.24) is 26.2 Å². The number of guanidine groups is 1. The van der Waals surface area contributed by atoms with Gasteiger partial charge in [0.2, 0.25) is 5.91 Å². The molecule has 1 heterocycles. The monoisotopic (exact) mass is 360 g/mol. The van der Waals surface area contributed by atoms with E-state index in [9.17, 15) is 14.4 Å². The molecule has 0 radical (unpaired) electrons. The Bertz CT molecular complexity index is 687. The summed E-state index contributed by atoms with van der Waals surface area (Å²) in [6.07, 6.45) is 0.721. The minimum Gasteiger partial charge on any atom is -0.356 e. The summed E-state index contributed by atoms with van der Waals surface area (Å²) in [7, 11) is 3.25. The molecule has 1 aliphatic rings. The largest absolute Gasteiger partial charge is 0.356 e. The topological polar surface area (TPSA) is 115 Å². The van der Waals surface area contributed by atoms with Crippen LogP contribution in [0.3, 0.4) is 0 Å². The molecule has 0 saturated carbocycles. The maximum absolute atomic E-state index is 11.7. The first-order valence-electron chi connectivity index (χ1n) is 8.39. The first kappa shape index (κ1) is 19.2. The molecule has 0 aliphatic carbocycles. The molecule has 140 valence electrons. The van der Waals surface area contributed by atoms with E-state index >= 15 is 0 Å². The Hall–Kier alpha value is -3.10. The molecular weight excluding hydrogens is 336 g/mol. The molecule has 1 aromatic rings. The van der Waals surface area contributed by atoms with Crippen molar-refractivity contribution in [2.45, 2.75) is 6.42 Å². The molecule has 9 nitrogen and oxygen atoms in total. The molecule has 0 atom stereocenters. The molecule has 0 unspecified atom stereocenters. The highest BCUT2D eigenvalue weighted by Crippen LogP contribution is 2.05. The molecular formula is C17H24N6O3. The van der Waals surface area contributed by atoms with E-state index in [1.807, 2.05) is 18.2 Å². The second kappa shape index (κ2) is 9.40. The van der Waals surface area contributed by atoms with Crippen molar-refractivity contribution >= 4 is 23.8 Å². The van der Waals surface area contributed by atoms with Crippen molar-refractivity contribution in [2.75, 3.05) is 40.3 Å². The van der Waals surface area contributed by atoms with E-state index in [-0.39, 0.29) is 30.9 Å². The normalized spacial score (nSPS) is 14.2. The molecule has 0 spiro atoms. The average Bonchev–Trinajstić information content (AvgIpc) is 2.98. The van der Waals surface area contributed by atoms with Gasteiger partial charge in [-0.05, 0) is 24.1 Å². The predicted octanol–water partition coefficient (Wildman–Crippen LogP) is -0.694. The van der Waals surface area contributed by atoms with Gasteiger partial charge in [-0.2, -0.15) is 0 Å². The van der Waals surface area contributed by atoms with Crippen LogP contribution >= 0.6 is 0 Å². The van der Waals surface area contributed by atoms with E-state index in [0.29, 0.717) is 24.6 Å². The summed E-state index contributed by atoms with van der Waals surface area (Å²) >= 11 is 0. The maximum atomic E-state index is 11.7. The van der Waals surface area contributed by atoms with Crippen molar-refractivity contribution in [3.63, 3.8) is 0 Å². The van der Waals surface area contributed by atoms with Crippen LogP contribution in [0.2, 0.25) is 0 Å². The third-order valence-corrected chi connectivity index (χ3v) is 3.91. The van der Waals surface area contributed by atoms with Crippen LogP contribution in [0.1, 0.15) is 15.9 Å². The molecule has 9 heteroatoms. The lowest BCUT2D eigenvalue weighted by molar-refractivity contribution is -0.124. The highest BCUT2D eigenvalue weighted by Gasteiger charge is 2.27. The molecule has 0 aromatic heterocycles. The van der Waals surface area contributed by atoms with Gasteiger partial charge in [-0.3, -0.25) is 19.5 Å². The van der Waals surface area contributed by atoms with Crippen LogP contribution in [0.5, 0.6) is 0 Å². The zero-order chi connectivity index (χ0) is 18.9. The van der Waals surface area contributed by atoms with E-state index < -0.39 is 0 Å². The van der Waals surface area contributed by atoms with Gasteiger partial charge in [-0.15, -0.1) is 0 Å². The molecule has 1 saturated heterocycles. The summed E-state index contributed by atoms with van der Waals surface area (Å²) in [5.41, 5.74) is 1.66. The third kappa shape index (κ3) is 5.20. The van der Waals surface area contributed by atoms with E-state index in [2.05, 4.69) is 26.3 Å². The van der Waals surface area contributed by atoms with Crippen molar-refractivity contribution in [1.29, 1.82) is 0 Å². The minimum atomic E-state index is -0.365. The van der Waals surface area contributed by atoms with Gasteiger partial charge < -0.3 is 21.3 Å². The number of nitrogens with one attached hydrogen (secondary N) is 4. The van der Waals surface area contributed by atoms with Crippen molar-refractivity contribution in [3.8, 4) is 0 Å². The van der Waals surface area contributed by atoms with Crippen molar-refractivity contribution < 1.29 is 14.4 Å². The van der Waals surface area contributed by atoms with Crippen LogP contribution in [0.25, 0.3) is 0 Å². The minimum absolute atomic E-state index is 0.0565. The Kier molecular flexibility index (Phi) is 6.95. The second-order valence-electron chi connectivity index (χ2n) is 5.66. The van der Waals surface area contributed by atoms with Gasteiger partial charge in [0.1, 0.15) is 0 Å². The summed E-state index contributed by atoms with van der Waals surface area (Å²) in [6.45, 7) is 1.37. The Labute approximate surface area is 152 Å². The van der Waals surface area contributed by atoms with Gasteiger partial charge in [-0.1, -0.05) is 12.1 Å². The Morgan fingerprint density at radius 3 is 2.69 bits per heavy atom. The summed E-state index contributed by atoms with van der Waals surface area (Å²) < 4.78 is 0. The SMILES string of the molecule is CN=C(NCCc1cccc(C(=O)NC)c1)NCCN1C(=O)CNC1=O. The van der Waals surface area contributed by atoms with Gasteiger partial charge in [0.05, 0.1) is 6.54 Å². The number of carbonyl (C=O) groups is 3. The van der Waals surface area contributed by atoms with Gasteiger partial charge in [0.15, 0.2) is 5.96 Å². The molecule has 4 N–H and O–H groups in total. The Morgan fingerprint density at radius 2 is 2.04 bits per heavy atom. The van der Waals surface area contributed by atoms with E-state index in [0.717, 1.165) is 12.0 Å². The smallest absolute Gasteiger partial charge is 0.324 e. The fourth-order valence-corrected chi connectivity index (χ4v) is 2.53. The molecule has 1 aliphatic heterocycles. The van der Waals surface area contributed by atoms with Crippen LogP contribution < -0.4 is 21.3 Å². The van der Waals surface area contributed by atoms with Crippen LogP contribution in [0.15, 0.2) is 29.3 Å². The lowest BCUT2D eigenvalue weighted by atomic mass is 10.1. The van der Waals surface area contributed by atoms with Crippen LogP contribution in [-0.4, -0.2) is 69.0 Å². The highest BCUT2D eigenvalue weighted by atomic mass is 16.2. The number of hydrogen-bond donors (Lipinski definition) is 4. The first-order chi connectivity index (χ1) is 12.5. The van der Waals surface area contributed by atoms with Crippen LogP contribution in [0, 0.1) is 0 Å². The van der Waals surface area contributed by atoms with E-state index in [4.69, 9.17) is 0 Å². The van der Waals surface area contributed by atoms with Gasteiger partial charge in [0.25, 0.3) is 5.91 Å². The molecule has 1 fully saturated rings. The number of benzene rings is 1. The van der Waals surface area contributed by atoms with E-state index in [1.54, 1.807) is 20.2 Å². The predicted molar refractivity (Wildman–Crippen MR) is 98.0 cm³/mol. The number of imide groups is 1. The molecule has 26 heavy (non-hydrogen) atoms. The maximum Gasteiger partial charge on any atom is 0.324 e. The number of amides is 4. The number of carbonyl (C=O) groups excluding carboxylic acids is 3. The fourth-order valence-electron chi connectivity index (χ4n) is 2.53. The number of nitrogens with zero attached hydrogens (tertiary/aromatic N) is 2. The van der Waals surface area contributed by atoms with E-state index in [1.165, 1.54) is 4.90 Å². The third-order valence-electron chi connectivity index (χ3n) is 3.91. The van der Waals surface area contributed by atoms with Crippen LogP contribution in [-0.2, 0) is 11.2 Å². The fraction of sp³-hybridized carbons (Fsp3) is 0.412. The summed E-state index contributed by atoms with van der Waals surface area (Å²) in [6, 6.07) is 7.07. The average molecular weight is 360 g/mol. The Balaban J connectivity index is 1.74. The number of aliphatic imine (C=N–C) groups is 1. The molecule has 1 aromatic carbocycles. The van der Waals surface area contributed by atoms with Gasteiger partial charge in [-0.25, -0.2) is 4.79 Å². The summed E-state index contributed by atoms with van der Waals surface area (Å²) in [5, 5.41) is 11.3. The quantitative estimate of drug-likeness (QED) is 0.292. The van der Waals surface area contributed by atoms with Gasteiger partial charge in [0, 0.05) is 39.3 Å². The number of hydrogen-bond acceptors (Lipinski definition) is 4. The lowest BCUT2D eigenvalue weighted by Crippen LogP contribution is -2.43. The number of rotatable bonds is 7. The zero-order valence-electron chi connectivity index (χ0n) is 15.0. The second-order valence-corrected chi connectivity index (χ2v) is 5.66. The van der Waals surface area contributed by atoms with Crippen molar-refractivity contribution in [3.05, 3.63) is 35.4 Å². The Morgan fingerprint density at radius 1 is 1.27 bits per heavy atom. The molecule has 2 rings (SSSR count). The lowest BCUT2D eigenvalue weighted by Gasteiger charge is -2.15. The zero-order valence-corrected chi connectivity index (χ0v) is 15.0. The molecule has 0 bridgehead atoms. The first-order valence-corrected chi connectivity index (χ1v) is 8.39. The summed E-state index contributed by atoms with van der Waals surface area (Å²) in [5.74, 6) is 0.244. The van der Waals surface area contributed by atoms with Crippen LogP contribution in [0.4, 0.5) is 4.79 Å². The molecule has 4 amide bonds. The number of urea groups is 1. The van der Waals surface area contributed by atoms with Gasteiger partial charge >= 0.3 is 6.03 Å². The standard InChI is InChI=1S/C17H24N6O3/c1-18-15(25)13-5-3-4-12(10-13)6-7-20-16(19-2)21-8-9-23-14(24)11-22-17(23)26/h3-5,10H,6-9,11H2,1-2H3,(H,18,25)(H,22,26)(H2,19,20,21).